The Kier molecular flexibility index (Phi) is 9.31. The Hall–Kier alpha value is -4.20. The number of para-hydroxylation sites is 1. The molecule has 4 aromatic rings. The van der Waals surface area contributed by atoms with Crippen molar-refractivity contribution in [3.63, 3.8) is 0 Å². The molecule has 7 nitrogen and oxygen atoms in total. The average molecular weight is 531 g/mol. The van der Waals surface area contributed by atoms with Gasteiger partial charge in [0.05, 0.1) is 29.7 Å². The second-order valence-corrected chi connectivity index (χ2v) is 9.44. The van der Waals surface area contributed by atoms with Crippen molar-refractivity contribution in [3.05, 3.63) is 94.8 Å². The lowest BCUT2D eigenvalue weighted by Gasteiger charge is -2.32. The van der Waals surface area contributed by atoms with Crippen LogP contribution in [0.4, 0.5) is 14.9 Å². The topological polar surface area (TPSA) is 76.5 Å². The highest BCUT2D eigenvalue weighted by Gasteiger charge is 2.29. The molecule has 0 saturated carbocycles. The number of hydrogen-bond acceptors (Lipinski definition) is 4. The summed E-state index contributed by atoms with van der Waals surface area (Å²) in [6, 6.07) is 19.3. The Labute approximate surface area is 228 Å². The van der Waals surface area contributed by atoms with E-state index in [0.29, 0.717) is 46.8 Å². The Morgan fingerprint density at radius 1 is 1.00 bits per heavy atom. The fraction of sp³-hybridized carbons (Fsp3) is 0.323. The summed E-state index contributed by atoms with van der Waals surface area (Å²) in [4.78, 5) is 34.2. The van der Waals surface area contributed by atoms with Crippen molar-refractivity contribution >= 4 is 22.6 Å². The number of amides is 2. The molecular formula is C31H35FN4O3. The molecular weight excluding hydrogens is 495 g/mol. The van der Waals surface area contributed by atoms with Crippen LogP contribution in [0.3, 0.4) is 0 Å². The predicted octanol–water partition coefficient (Wildman–Crippen LogP) is 7.10. The summed E-state index contributed by atoms with van der Waals surface area (Å²) in [5.74, 6) is 0.735. The summed E-state index contributed by atoms with van der Waals surface area (Å²) in [5.41, 5.74) is 1.42. The number of urea groups is 1. The molecule has 0 radical (unpaired) electrons. The zero-order valence-corrected chi connectivity index (χ0v) is 22.7. The SMILES string of the molecule is CCCCCCN(C(=O)Nc1ccc(OC)cc1)C(CC)c1nc2ccccc2c(=O)n1-c1ccc(F)cc1. The number of carbonyl (C=O) groups excluding carboxylic acids is 1. The number of unbranched alkanes of at least 4 members (excludes halogenated alkanes) is 3. The van der Waals surface area contributed by atoms with Crippen LogP contribution in [0.2, 0.25) is 0 Å². The van der Waals surface area contributed by atoms with Gasteiger partial charge in [0.25, 0.3) is 5.56 Å². The molecule has 1 atom stereocenters. The summed E-state index contributed by atoms with van der Waals surface area (Å²) in [5, 5.41) is 3.46. The molecule has 0 bridgehead atoms. The number of fused-ring (bicyclic) bond motifs is 1. The second kappa shape index (κ2) is 13.0. The van der Waals surface area contributed by atoms with Crippen LogP contribution in [0.15, 0.2) is 77.6 Å². The lowest BCUT2D eigenvalue weighted by Crippen LogP contribution is -2.41. The standard InChI is InChI=1S/C31H35FN4O3/c1-4-6-7-10-21-35(31(38)33-23-15-19-25(39-3)20-16-23)28(5-2)29-34-27-12-9-8-11-26(27)30(37)36(29)24-17-13-22(32)14-18-24/h8-9,11-20,28H,4-7,10,21H2,1-3H3,(H,33,38). The number of methoxy groups -OCH3 is 1. The lowest BCUT2D eigenvalue weighted by molar-refractivity contribution is 0.179. The number of hydrogen-bond donors (Lipinski definition) is 1. The molecule has 0 fully saturated rings. The highest BCUT2D eigenvalue weighted by Crippen LogP contribution is 2.28. The molecule has 0 spiro atoms. The van der Waals surface area contributed by atoms with E-state index in [0.717, 1.165) is 25.7 Å². The summed E-state index contributed by atoms with van der Waals surface area (Å²) in [6.07, 6.45) is 4.46. The first kappa shape index (κ1) is 27.8. The van der Waals surface area contributed by atoms with Gasteiger partial charge in [0.1, 0.15) is 17.4 Å². The summed E-state index contributed by atoms with van der Waals surface area (Å²) in [7, 11) is 1.59. The monoisotopic (exact) mass is 530 g/mol. The van der Waals surface area contributed by atoms with E-state index in [4.69, 9.17) is 9.72 Å². The first-order valence-electron chi connectivity index (χ1n) is 13.5. The minimum absolute atomic E-state index is 0.262. The van der Waals surface area contributed by atoms with Crippen LogP contribution >= 0.6 is 0 Å². The third-order valence-corrected chi connectivity index (χ3v) is 6.80. The van der Waals surface area contributed by atoms with E-state index in [9.17, 15) is 14.0 Å². The van der Waals surface area contributed by atoms with Gasteiger partial charge in [-0.05, 0) is 73.5 Å². The van der Waals surface area contributed by atoms with Gasteiger partial charge in [-0.15, -0.1) is 0 Å². The van der Waals surface area contributed by atoms with Gasteiger partial charge in [0, 0.05) is 12.2 Å². The maximum atomic E-state index is 13.8. The van der Waals surface area contributed by atoms with E-state index in [1.54, 1.807) is 66.6 Å². The summed E-state index contributed by atoms with van der Waals surface area (Å²) in [6.45, 7) is 4.61. The molecule has 204 valence electrons. The third kappa shape index (κ3) is 6.45. The van der Waals surface area contributed by atoms with E-state index in [-0.39, 0.29) is 11.6 Å². The quantitative estimate of drug-likeness (QED) is 0.210. The first-order chi connectivity index (χ1) is 19.0. The van der Waals surface area contributed by atoms with Crippen LogP contribution in [0.5, 0.6) is 5.75 Å². The van der Waals surface area contributed by atoms with Gasteiger partial charge in [-0.25, -0.2) is 14.2 Å². The van der Waals surface area contributed by atoms with Gasteiger partial charge < -0.3 is 15.0 Å². The van der Waals surface area contributed by atoms with Crippen molar-refractivity contribution in [3.8, 4) is 11.4 Å². The number of rotatable bonds is 11. The minimum Gasteiger partial charge on any atom is -0.497 e. The third-order valence-electron chi connectivity index (χ3n) is 6.80. The smallest absolute Gasteiger partial charge is 0.322 e. The van der Waals surface area contributed by atoms with Crippen LogP contribution < -0.4 is 15.6 Å². The molecule has 3 aromatic carbocycles. The largest absolute Gasteiger partial charge is 0.497 e. The van der Waals surface area contributed by atoms with E-state index in [1.165, 1.54) is 16.7 Å². The molecule has 1 heterocycles. The minimum atomic E-state index is -0.507. The summed E-state index contributed by atoms with van der Waals surface area (Å²) < 4.78 is 20.5. The number of anilines is 1. The van der Waals surface area contributed by atoms with Crippen molar-refractivity contribution in [1.82, 2.24) is 14.5 Å². The summed E-state index contributed by atoms with van der Waals surface area (Å²) >= 11 is 0. The molecule has 0 saturated heterocycles. The molecule has 0 aliphatic carbocycles. The van der Waals surface area contributed by atoms with Gasteiger partial charge in [0.15, 0.2) is 0 Å². The first-order valence-corrected chi connectivity index (χ1v) is 13.5. The van der Waals surface area contributed by atoms with E-state index in [1.807, 2.05) is 13.0 Å². The molecule has 0 aliphatic rings. The van der Waals surface area contributed by atoms with Gasteiger partial charge in [-0.1, -0.05) is 45.2 Å². The van der Waals surface area contributed by atoms with E-state index in [2.05, 4.69) is 12.2 Å². The Bertz CT molecular complexity index is 1450. The molecule has 39 heavy (non-hydrogen) atoms. The number of aromatic nitrogens is 2. The van der Waals surface area contributed by atoms with Gasteiger partial charge in [-0.3, -0.25) is 9.36 Å². The molecule has 2 amide bonds. The van der Waals surface area contributed by atoms with Crippen molar-refractivity contribution in [2.24, 2.45) is 0 Å². The number of nitrogens with one attached hydrogen (secondary N) is 1. The number of nitrogens with zero attached hydrogens (tertiary/aromatic N) is 3. The van der Waals surface area contributed by atoms with Gasteiger partial charge in [-0.2, -0.15) is 0 Å². The van der Waals surface area contributed by atoms with Crippen LogP contribution in [0.25, 0.3) is 16.6 Å². The molecule has 1 aromatic heterocycles. The van der Waals surface area contributed by atoms with E-state index < -0.39 is 11.9 Å². The van der Waals surface area contributed by atoms with Crippen molar-refractivity contribution in [2.45, 2.75) is 52.0 Å². The van der Waals surface area contributed by atoms with Crippen LogP contribution in [-0.4, -0.2) is 34.1 Å². The normalized spacial score (nSPS) is 11.8. The lowest BCUT2D eigenvalue weighted by atomic mass is 10.1. The fourth-order valence-corrected chi connectivity index (χ4v) is 4.73. The number of ether oxygens (including phenoxy) is 1. The van der Waals surface area contributed by atoms with Crippen LogP contribution in [-0.2, 0) is 0 Å². The van der Waals surface area contributed by atoms with Crippen molar-refractivity contribution in [2.75, 3.05) is 19.0 Å². The van der Waals surface area contributed by atoms with E-state index >= 15 is 0 Å². The second-order valence-electron chi connectivity index (χ2n) is 9.44. The highest BCUT2D eigenvalue weighted by molar-refractivity contribution is 5.89. The van der Waals surface area contributed by atoms with Crippen molar-refractivity contribution in [1.29, 1.82) is 0 Å². The number of halogens is 1. The highest BCUT2D eigenvalue weighted by atomic mass is 19.1. The van der Waals surface area contributed by atoms with Crippen LogP contribution in [0, 0.1) is 5.82 Å². The maximum Gasteiger partial charge on any atom is 0.322 e. The molecule has 1 unspecified atom stereocenters. The molecule has 1 N–H and O–H groups in total. The Morgan fingerprint density at radius 3 is 2.38 bits per heavy atom. The van der Waals surface area contributed by atoms with Crippen LogP contribution in [0.1, 0.15) is 57.8 Å². The number of benzene rings is 3. The molecule has 4 rings (SSSR count). The Morgan fingerprint density at radius 2 is 1.72 bits per heavy atom. The Balaban J connectivity index is 1.80. The average Bonchev–Trinajstić information content (AvgIpc) is 2.96. The molecule has 0 aliphatic heterocycles. The fourth-order valence-electron chi connectivity index (χ4n) is 4.73. The van der Waals surface area contributed by atoms with Gasteiger partial charge in [0.2, 0.25) is 0 Å². The molecule has 8 heteroatoms. The zero-order valence-electron chi connectivity index (χ0n) is 22.7. The maximum absolute atomic E-state index is 13.8. The van der Waals surface area contributed by atoms with Gasteiger partial charge >= 0.3 is 6.03 Å². The number of carbonyl (C=O) groups is 1. The predicted molar refractivity (Wildman–Crippen MR) is 153 cm³/mol. The van der Waals surface area contributed by atoms with Crippen molar-refractivity contribution < 1.29 is 13.9 Å². The zero-order chi connectivity index (χ0) is 27.8.